The van der Waals surface area contributed by atoms with Crippen LogP contribution in [0.25, 0.3) is 0 Å². The summed E-state index contributed by atoms with van der Waals surface area (Å²) in [5, 5.41) is 8.69. The lowest BCUT2D eigenvalue weighted by atomic mass is 10.1. The second kappa shape index (κ2) is 10.4. The van der Waals surface area contributed by atoms with Gasteiger partial charge in [-0.25, -0.2) is 17.6 Å². The summed E-state index contributed by atoms with van der Waals surface area (Å²) < 4.78 is 85.1. The molecule has 2 rings (SSSR count). The first-order valence-corrected chi connectivity index (χ1v) is 12.1. The van der Waals surface area contributed by atoms with E-state index < -0.39 is 33.9 Å². The van der Waals surface area contributed by atoms with Crippen molar-refractivity contribution in [3.05, 3.63) is 56.0 Å². The molecule has 0 spiro atoms. The van der Waals surface area contributed by atoms with Crippen molar-refractivity contribution >= 4 is 53.5 Å². The van der Waals surface area contributed by atoms with Crippen LogP contribution in [-0.4, -0.2) is 31.4 Å². The molecule has 0 saturated heterocycles. The molecule has 0 bridgehead atoms. The molecule has 0 heterocycles. The molecule has 6 nitrogen and oxygen atoms in total. The molecule has 176 valence electrons. The zero-order valence-corrected chi connectivity index (χ0v) is 20.3. The van der Waals surface area contributed by atoms with Crippen molar-refractivity contribution in [3.8, 4) is 5.75 Å². The maximum absolute atomic E-state index is 13.5. The van der Waals surface area contributed by atoms with Gasteiger partial charge in [0.1, 0.15) is 12.4 Å². The van der Waals surface area contributed by atoms with E-state index >= 15 is 0 Å². The molecule has 0 fully saturated rings. The number of hydrogen-bond donors (Lipinski definition) is 2. The molecule has 32 heavy (non-hydrogen) atoms. The molecule has 0 aliphatic carbocycles. The minimum Gasteiger partial charge on any atom is -0.487 e. The van der Waals surface area contributed by atoms with Crippen LogP contribution in [0.3, 0.4) is 0 Å². The van der Waals surface area contributed by atoms with Gasteiger partial charge in [-0.1, -0.05) is 0 Å². The molecule has 0 aliphatic rings. The first-order chi connectivity index (χ1) is 14.7. The van der Waals surface area contributed by atoms with Crippen LogP contribution < -0.4 is 9.46 Å². The van der Waals surface area contributed by atoms with Crippen LogP contribution in [0.5, 0.6) is 5.75 Å². The smallest absolute Gasteiger partial charge is 0.416 e. The van der Waals surface area contributed by atoms with Gasteiger partial charge in [-0.2, -0.15) is 13.2 Å². The molecule has 0 saturated carbocycles. The Labute approximate surface area is 198 Å². The van der Waals surface area contributed by atoms with Gasteiger partial charge in [-0.15, -0.1) is 0 Å². The Morgan fingerprint density at radius 1 is 1.12 bits per heavy atom. The predicted molar refractivity (Wildman–Crippen MR) is 117 cm³/mol. The van der Waals surface area contributed by atoms with Gasteiger partial charge in [0.2, 0.25) is 16.2 Å². The highest BCUT2D eigenvalue weighted by atomic mass is 79.9. The Balaban J connectivity index is 2.30. The maximum atomic E-state index is 13.5. The van der Waals surface area contributed by atoms with Crippen molar-refractivity contribution in [2.75, 3.05) is 10.5 Å². The summed E-state index contributed by atoms with van der Waals surface area (Å²) >= 11 is 6.42. The van der Waals surface area contributed by atoms with Crippen molar-refractivity contribution < 1.29 is 40.6 Å². The number of ether oxygens (including phenoxy) is 1. The first kappa shape index (κ1) is 26.4. The number of carbonyl (C=O) groups is 1. The van der Waals surface area contributed by atoms with Crippen LogP contribution in [0.4, 0.5) is 23.2 Å². The molecule has 2 N–H and O–H groups in total. The van der Waals surface area contributed by atoms with E-state index in [0.29, 0.717) is 20.6 Å². The van der Waals surface area contributed by atoms with Crippen molar-refractivity contribution in [2.24, 2.45) is 0 Å². The molecule has 0 amide bonds. The van der Waals surface area contributed by atoms with Crippen LogP contribution in [-0.2, 0) is 34.0 Å². The van der Waals surface area contributed by atoms with Gasteiger partial charge in [0, 0.05) is 12.1 Å². The van der Waals surface area contributed by atoms with E-state index in [0.717, 1.165) is 6.07 Å². The molecular weight excluding hydrogens is 590 g/mol. The number of halogens is 6. The minimum atomic E-state index is -4.71. The lowest BCUT2D eigenvalue weighted by molar-refractivity contribution is -0.142. The lowest BCUT2D eigenvalue weighted by Gasteiger charge is -2.16. The number of anilines is 1. The average molecular weight is 607 g/mol. The van der Waals surface area contributed by atoms with Crippen LogP contribution in [0.2, 0.25) is 0 Å². The van der Waals surface area contributed by atoms with E-state index in [1.165, 1.54) is 25.1 Å². The van der Waals surface area contributed by atoms with Crippen molar-refractivity contribution in [2.45, 2.75) is 32.3 Å². The monoisotopic (exact) mass is 605 g/mol. The van der Waals surface area contributed by atoms with Gasteiger partial charge < -0.3 is 9.84 Å². The van der Waals surface area contributed by atoms with E-state index in [1.807, 2.05) is 0 Å². The Hall–Kier alpha value is -1.86. The number of carboxylic acids is 1. The fourth-order valence-electron chi connectivity index (χ4n) is 2.57. The number of sulfonamides is 1. The zero-order valence-electron chi connectivity index (χ0n) is 16.3. The highest BCUT2D eigenvalue weighted by Crippen LogP contribution is 2.37. The fourth-order valence-corrected chi connectivity index (χ4v) is 4.70. The predicted octanol–water partition coefficient (Wildman–Crippen LogP) is 5.54. The van der Waals surface area contributed by atoms with Crippen molar-refractivity contribution in [1.82, 2.24) is 0 Å². The summed E-state index contributed by atoms with van der Waals surface area (Å²) in [6.45, 7) is 1.00. The highest BCUT2D eigenvalue weighted by molar-refractivity contribution is 9.11. The summed E-state index contributed by atoms with van der Waals surface area (Å²) in [4.78, 5) is 10.7. The van der Waals surface area contributed by atoms with E-state index in [2.05, 4.69) is 36.6 Å². The van der Waals surface area contributed by atoms with Crippen molar-refractivity contribution in [3.63, 3.8) is 0 Å². The summed E-state index contributed by atoms with van der Waals surface area (Å²) in [5.74, 6) is -1.73. The summed E-state index contributed by atoms with van der Waals surface area (Å²) in [6, 6.07) is 5.61. The number of hydrogen-bond acceptors (Lipinski definition) is 4. The number of rotatable bonds is 9. The van der Waals surface area contributed by atoms with Gasteiger partial charge in [-0.3, -0.25) is 4.72 Å². The van der Waals surface area contributed by atoms with Gasteiger partial charge >= 0.3 is 12.1 Å². The largest absolute Gasteiger partial charge is 0.487 e. The summed E-state index contributed by atoms with van der Waals surface area (Å²) in [6.07, 6.45) is -7.20. The second-order valence-corrected chi connectivity index (χ2v) is 10.3. The van der Waals surface area contributed by atoms with E-state index in [-0.39, 0.29) is 35.8 Å². The van der Waals surface area contributed by atoms with Crippen LogP contribution in [0.1, 0.15) is 23.6 Å². The topological polar surface area (TPSA) is 92.7 Å². The lowest BCUT2D eigenvalue weighted by Crippen LogP contribution is -2.17. The number of carboxylic acid groups (broad SMARTS) is 1. The average Bonchev–Trinajstić information content (AvgIpc) is 2.66. The fraction of sp³-hybridized carbons (Fsp3) is 0.316. The van der Waals surface area contributed by atoms with Crippen LogP contribution in [0.15, 0.2) is 39.3 Å². The molecule has 0 aromatic heterocycles. The molecule has 1 unspecified atom stereocenters. The molecule has 13 heteroatoms. The summed E-state index contributed by atoms with van der Waals surface area (Å²) in [5.41, 5.74) is -0.910. The molecule has 1 atom stereocenters. The van der Waals surface area contributed by atoms with Gasteiger partial charge in [0.15, 0.2) is 0 Å². The molecule has 0 aliphatic heterocycles. The van der Waals surface area contributed by atoms with Gasteiger partial charge in [-0.05, 0) is 80.2 Å². The first-order valence-electron chi connectivity index (χ1n) is 8.91. The second-order valence-electron chi connectivity index (χ2n) is 6.61. The third-order valence-corrected chi connectivity index (χ3v) is 6.58. The number of alkyl halides is 4. The Morgan fingerprint density at radius 2 is 1.72 bits per heavy atom. The van der Waals surface area contributed by atoms with Crippen molar-refractivity contribution in [1.29, 1.82) is 0 Å². The molecule has 2 aromatic rings. The minimum absolute atomic E-state index is 0.0474. The normalized spacial score (nSPS) is 13.0. The quantitative estimate of drug-likeness (QED) is 0.366. The third kappa shape index (κ3) is 7.34. The van der Waals surface area contributed by atoms with Crippen LogP contribution in [0, 0.1) is 0 Å². The Bertz CT molecular complexity index is 1090. The highest BCUT2D eigenvalue weighted by Gasteiger charge is 2.31. The SMILES string of the molecule is CCS(=O)(=O)Nc1cc(COc2c(Br)cc(CC(F)C(=O)O)cc2Br)cc(C(F)(F)F)c1. The Morgan fingerprint density at radius 3 is 2.22 bits per heavy atom. The standard InChI is InChI=1S/C19H17Br2F4NO5S/c1-2-32(29,30)26-13-4-11(3-12(8-13)19(23,24)25)9-31-17-14(20)5-10(6-15(17)21)7-16(22)18(27)28/h3-6,8,16,26H,2,7,9H2,1H3,(H,27,28). The van der Waals surface area contributed by atoms with Gasteiger partial charge in [0.05, 0.1) is 20.3 Å². The third-order valence-electron chi connectivity index (χ3n) is 4.10. The zero-order chi connectivity index (χ0) is 24.3. The molecule has 2 aromatic carbocycles. The number of nitrogens with one attached hydrogen (secondary N) is 1. The molecular formula is C19H17Br2F4NO5S. The number of aliphatic carboxylic acids is 1. The van der Waals surface area contributed by atoms with Gasteiger partial charge in [0.25, 0.3) is 0 Å². The van der Waals surface area contributed by atoms with E-state index in [9.17, 15) is 30.8 Å². The summed E-state index contributed by atoms with van der Waals surface area (Å²) in [7, 11) is -3.80. The molecule has 0 radical (unpaired) electrons. The Kier molecular flexibility index (Phi) is 8.56. The number of benzene rings is 2. The van der Waals surface area contributed by atoms with E-state index in [1.54, 1.807) is 0 Å². The maximum Gasteiger partial charge on any atom is 0.416 e. The van der Waals surface area contributed by atoms with E-state index in [4.69, 9.17) is 9.84 Å². The van der Waals surface area contributed by atoms with Crippen LogP contribution >= 0.6 is 31.9 Å².